The zero-order chi connectivity index (χ0) is 9.52. The van der Waals surface area contributed by atoms with Gasteiger partial charge in [-0.05, 0) is 20.8 Å². The molecule has 0 radical (unpaired) electrons. The van der Waals surface area contributed by atoms with E-state index in [0.717, 1.165) is 0 Å². The first-order valence-corrected chi connectivity index (χ1v) is 4.08. The molecular formula is C8H18O5. The summed E-state index contributed by atoms with van der Waals surface area (Å²) in [6.07, 6.45) is -3.61. The molecule has 0 aromatic rings. The summed E-state index contributed by atoms with van der Waals surface area (Å²) in [4.78, 5) is 0. The number of rotatable bonds is 0. The van der Waals surface area contributed by atoms with Gasteiger partial charge in [0.15, 0.2) is 0 Å². The van der Waals surface area contributed by atoms with Crippen molar-refractivity contribution in [2.75, 3.05) is 0 Å². The van der Waals surface area contributed by atoms with E-state index in [0.29, 0.717) is 0 Å². The first-order chi connectivity index (χ1) is 5.36. The van der Waals surface area contributed by atoms with Crippen LogP contribution in [0.2, 0.25) is 0 Å². The van der Waals surface area contributed by atoms with Crippen LogP contribution >= 0.6 is 0 Å². The molecule has 0 spiro atoms. The Hall–Kier alpha value is -0.200. The number of aliphatic hydroxyl groups excluding tert-OH is 3. The Labute approximate surface area is 77.3 Å². The van der Waals surface area contributed by atoms with E-state index < -0.39 is 30.0 Å². The van der Waals surface area contributed by atoms with Crippen LogP contribution in [0.4, 0.5) is 0 Å². The third kappa shape index (κ3) is 2.18. The van der Waals surface area contributed by atoms with Crippen LogP contribution < -0.4 is 0 Å². The van der Waals surface area contributed by atoms with Gasteiger partial charge in [0.1, 0.15) is 18.3 Å². The van der Waals surface area contributed by atoms with Gasteiger partial charge in [-0.25, -0.2) is 0 Å². The van der Waals surface area contributed by atoms with Gasteiger partial charge < -0.3 is 25.5 Å². The van der Waals surface area contributed by atoms with Gasteiger partial charge in [0.25, 0.3) is 0 Å². The Morgan fingerprint density at radius 3 is 2.00 bits per heavy atom. The highest BCUT2D eigenvalue weighted by Crippen LogP contribution is 2.28. The molecule has 0 aromatic heterocycles. The van der Waals surface area contributed by atoms with Crippen molar-refractivity contribution < 1.29 is 25.5 Å². The Morgan fingerprint density at radius 1 is 1.08 bits per heavy atom. The molecule has 0 amide bonds. The zero-order valence-electron chi connectivity index (χ0n) is 8.06. The Balaban J connectivity index is 0.00000144. The summed E-state index contributed by atoms with van der Waals surface area (Å²) < 4.78 is 5.31. The Kier molecular flexibility index (Phi) is 3.83. The van der Waals surface area contributed by atoms with Crippen LogP contribution in [0.3, 0.4) is 0 Å². The molecule has 2 unspecified atom stereocenters. The monoisotopic (exact) mass is 194 g/mol. The van der Waals surface area contributed by atoms with Gasteiger partial charge in [0.05, 0.1) is 11.7 Å². The number of hydrogen-bond acceptors (Lipinski definition) is 4. The van der Waals surface area contributed by atoms with Crippen LogP contribution in [0.1, 0.15) is 20.8 Å². The van der Waals surface area contributed by atoms with Gasteiger partial charge in [-0.15, -0.1) is 0 Å². The summed E-state index contributed by atoms with van der Waals surface area (Å²) in [7, 11) is 0. The van der Waals surface area contributed by atoms with Crippen LogP contribution in [-0.4, -0.2) is 50.8 Å². The zero-order valence-corrected chi connectivity index (χ0v) is 8.06. The van der Waals surface area contributed by atoms with Crippen molar-refractivity contribution in [3.63, 3.8) is 0 Å². The van der Waals surface area contributed by atoms with Crippen molar-refractivity contribution in [2.45, 2.75) is 50.8 Å². The molecule has 5 N–H and O–H groups in total. The van der Waals surface area contributed by atoms with Gasteiger partial charge in [-0.3, -0.25) is 0 Å². The molecule has 0 saturated carbocycles. The van der Waals surface area contributed by atoms with E-state index in [4.69, 9.17) is 4.74 Å². The fraction of sp³-hybridized carbons (Fsp3) is 1.00. The SMILES string of the molecule is CC1OC(C)(C)C(O)[C@H](O)[C@H]1O.O. The molecule has 1 rings (SSSR count). The number of ether oxygens (including phenoxy) is 1. The maximum Gasteiger partial charge on any atom is 0.111 e. The van der Waals surface area contributed by atoms with Gasteiger partial charge in [-0.1, -0.05) is 0 Å². The van der Waals surface area contributed by atoms with Crippen LogP contribution in [0.15, 0.2) is 0 Å². The molecule has 1 heterocycles. The molecule has 0 aliphatic carbocycles. The Bertz CT molecular complexity index is 170. The minimum Gasteiger partial charge on any atom is -0.412 e. The average Bonchev–Trinajstić information content (AvgIpc) is 1.97. The third-order valence-electron chi connectivity index (χ3n) is 2.36. The molecule has 1 aliphatic heterocycles. The van der Waals surface area contributed by atoms with Crippen molar-refractivity contribution >= 4 is 0 Å². The lowest BCUT2D eigenvalue weighted by Gasteiger charge is -2.44. The average molecular weight is 194 g/mol. The molecule has 5 heteroatoms. The van der Waals surface area contributed by atoms with E-state index >= 15 is 0 Å². The van der Waals surface area contributed by atoms with E-state index in [1.54, 1.807) is 20.8 Å². The highest BCUT2D eigenvalue weighted by molar-refractivity contribution is 4.95. The topological polar surface area (TPSA) is 101 Å². The molecule has 0 bridgehead atoms. The number of hydrogen-bond donors (Lipinski definition) is 3. The summed E-state index contributed by atoms with van der Waals surface area (Å²) in [5, 5.41) is 28.1. The number of aliphatic hydroxyl groups is 3. The molecule has 1 saturated heterocycles. The van der Waals surface area contributed by atoms with Crippen LogP contribution in [0, 0.1) is 0 Å². The van der Waals surface area contributed by atoms with Crippen LogP contribution in [-0.2, 0) is 4.74 Å². The Morgan fingerprint density at radius 2 is 1.54 bits per heavy atom. The maximum atomic E-state index is 9.46. The van der Waals surface area contributed by atoms with Crippen molar-refractivity contribution in [1.29, 1.82) is 0 Å². The smallest absolute Gasteiger partial charge is 0.111 e. The lowest BCUT2D eigenvalue weighted by atomic mass is 9.88. The highest BCUT2D eigenvalue weighted by Gasteiger charge is 2.46. The second-order valence-electron chi connectivity index (χ2n) is 3.85. The van der Waals surface area contributed by atoms with E-state index in [1.165, 1.54) is 0 Å². The summed E-state index contributed by atoms with van der Waals surface area (Å²) in [5.74, 6) is 0. The first kappa shape index (κ1) is 12.8. The summed E-state index contributed by atoms with van der Waals surface area (Å²) in [6, 6.07) is 0. The minimum absolute atomic E-state index is 0. The molecule has 5 nitrogen and oxygen atoms in total. The molecular weight excluding hydrogens is 176 g/mol. The van der Waals surface area contributed by atoms with Crippen LogP contribution in [0.5, 0.6) is 0 Å². The lowest BCUT2D eigenvalue weighted by Crippen LogP contribution is -2.61. The largest absolute Gasteiger partial charge is 0.412 e. The van der Waals surface area contributed by atoms with Crippen molar-refractivity contribution in [3.8, 4) is 0 Å². The second kappa shape index (κ2) is 3.89. The standard InChI is InChI=1S/C8H16O4.H2O/c1-4-5(9)6(10)7(11)8(2,3)12-4;/h4-7,9-11H,1-3H3;1H2/t4?,5-,6+,7?;/m0./s1. The molecule has 80 valence electrons. The van der Waals surface area contributed by atoms with Gasteiger partial charge in [0, 0.05) is 0 Å². The predicted molar refractivity (Wildman–Crippen MR) is 46.3 cm³/mol. The lowest BCUT2D eigenvalue weighted by molar-refractivity contribution is -0.251. The summed E-state index contributed by atoms with van der Waals surface area (Å²) >= 11 is 0. The van der Waals surface area contributed by atoms with E-state index in [9.17, 15) is 15.3 Å². The molecule has 13 heavy (non-hydrogen) atoms. The summed E-state index contributed by atoms with van der Waals surface area (Å²) in [5.41, 5.74) is -0.794. The normalized spacial score (nSPS) is 43.8. The van der Waals surface area contributed by atoms with E-state index in [1.807, 2.05) is 0 Å². The summed E-state index contributed by atoms with van der Waals surface area (Å²) in [6.45, 7) is 5.04. The van der Waals surface area contributed by atoms with Gasteiger partial charge in [0.2, 0.25) is 0 Å². The fourth-order valence-corrected chi connectivity index (χ4v) is 1.49. The second-order valence-corrected chi connectivity index (χ2v) is 3.85. The van der Waals surface area contributed by atoms with Gasteiger partial charge >= 0.3 is 0 Å². The molecule has 1 aliphatic rings. The molecule has 4 atom stereocenters. The first-order valence-electron chi connectivity index (χ1n) is 4.08. The molecule has 1 fully saturated rings. The van der Waals surface area contributed by atoms with Crippen molar-refractivity contribution in [3.05, 3.63) is 0 Å². The predicted octanol–water partition coefficient (Wildman–Crippen LogP) is -1.56. The maximum absolute atomic E-state index is 9.46. The van der Waals surface area contributed by atoms with E-state index in [-0.39, 0.29) is 5.48 Å². The van der Waals surface area contributed by atoms with Crippen molar-refractivity contribution in [1.82, 2.24) is 0 Å². The van der Waals surface area contributed by atoms with Crippen molar-refractivity contribution in [2.24, 2.45) is 0 Å². The minimum atomic E-state index is -1.12. The fourth-order valence-electron chi connectivity index (χ4n) is 1.49. The van der Waals surface area contributed by atoms with Gasteiger partial charge in [-0.2, -0.15) is 0 Å². The third-order valence-corrected chi connectivity index (χ3v) is 2.36. The molecule has 0 aromatic carbocycles. The van der Waals surface area contributed by atoms with Crippen LogP contribution in [0.25, 0.3) is 0 Å². The van der Waals surface area contributed by atoms with E-state index in [2.05, 4.69) is 0 Å². The highest BCUT2D eigenvalue weighted by atomic mass is 16.5. The quantitative estimate of drug-likeness (QED) is 0.434.